The fourth-order valence-corrected chi connectivity index (χ4v) is 3.02. The van der Waals surface area contributed by atoms with Crippen LogP contribution < -0.4 is 16.0 Å². The minimum Gasteiger partial charge on any atom is -0.351 e. The highest BCUT2D eigenvalue weighted by atomic mass is 32.1. The van der Waals surface area contributed by atoms with Crippen LogP contribution >= 0.6 is 12.2 Å². The van der Waals surface area contributed by atoms with Crippen LogP contribution in [0.5, 0.6) is 0 Å². The minimum absolute atomic E-state index is 0.109. The van der Waals surface area contributed by atoms with E-state index < -0.39 is 0 Å². The van der Waals surface area contributed by atoms with Crippen LogP contribution in [0.15, 0.2) is 54.6 Å². The summed E-state index contributed by atoms with van der Waals surface area (Å²) in [6.45, 7) is 7.58. The Bertz CT molecular complexity index is 805. The molecular formula is C22H28N4O2S. The van der Waals surface area contributed by atoms with Gasteiger partial charge in [-0.1, -0.05) is 44.2 Å². The topological polar surface area (TPSA) is 73.5 Å². The first-order valence-corrected chi connectivity index (χ1v) is 10.2. The van der Waals surface area contributed by atoms with E-state index in [-0.39, 0.29) is 23.3 Å². The summed E-state index contributed by atoms with van der Waals surface area (Å²) in [4.78, 5) is 26.5. The van der Waals surface area contributed by atoms with Crippen molar-refractivity contribution in [2.45, 2.75) is 20.3 Å². The highest BCUT2D eigenvalue weighted by molar-refractivity contribution is 7.80. The van der Waals surface area contributed by atoms with Crippen molar-refractivity contribution in [2.24, 2.45) is 0 Å². The Hall–Kier alpha value is -2.77. The first-order valence-electron chi connectivity index (χ1n) is 9.77. The number of carbonyl (C=O) groups excluding carboxylic acids is 2. The van der Waals surface area contributed by atoms with Gasteiger partial charge in [0, 0.05) is 24.3 Å². The molecule has 2 aromatic rings. The Balaban J connectivity index is 1.78. The van der Waals surface area contributed by atoms with Crippen molar-refractivity contribution in [2.75, 3.05) is 31.5 Å². The molecule has 0 unspecified atom stereocenters. The van der Waals surface area contributed by atoms with Crippen LogP contribution in [0, 0.1) is 0 Å². The summed E-state index contributed by atoms with van der Waals surface area (Å²) >= 11 is 5.19. The van der Waals surface area contributed by atoms with Crippen LogP contribution in [0.2, 0.25) is 0 Å². The maximum absolute atomic E-state index is 12.2. The lowest BCUT2D eigenvalue weighted by Crippen LogP contribution is -2.35. The van der Waals surface area contributed by atoms with E-state index in [0.717, 1.165) is 25.2 Å². The van der Waals surface area contributed by atoms with Gasteiger partial charge in [-0.05, 0) is 55.1 Å². The Morgan fingerprint density at radius 3 is 2.24 bits per heavy atom. The zero-order valence-corrected chi connectivity index (χ0v) is 17.7. The van der Waals surface area contributed by atoms with E-state index in [4.69, 9.17) is 12.2 Å². The molecule has 2 amide bonds. The van der Waals surface area contributed by atoms with E-state index in [1.165, 1.54) is 0 Å². The SMILES string of the molecule is CCN(CC)CCNC(=O)c1ccc(NC(=S)NC(=O)Cc2ccccc2)cc1. The number of nitrogens with zero attached hydrogens (tertiary/aromatic N) is 1. The zero-order chi connectivity index (χ0) is 21.1. The van der Waals surface area contributed by atoms with Crippen molar-refractivity contribution >= 4 is 34.8 Å². The van der Waals surface area contributed by atoms with Crippen molar-refractivity contribution in [1.29, 1.82) is 0 Å². The van der Waals surface area contributed by atoms with Gasteiger partial charge in [0.05, 0.1) is 6.42 Å². The number of benzene rings is 2. The number of nitrogens with one attached hydrogen (secondary N) is 3. The summed E-state index contributed by atoms with van der Waals surface area (Å²) in [5, 5.41) is 8.77. The number of hydrogen-bond acceptors (Lipinski definition) is 4. The molecule has 0 fully saturated rings. The molecule has 0 aliphatic carbocycles. The van der Waals surface area contributed by atoms with Gasteiger partial charge in [0.25, 0.3) is 5.91 Å². The van der Waals surface area contributed by atoms with Crippen LogP contribution in [-0.2, 0) is 11.2 Å². The van der Waals surface area contributed by atoms with Gasteiger partial charge in [0.15, 0.2) is 5.11 Å². The molecule has 0 heterocycles. The zero-order valence-electron chi connectivity index (χ0n) is 16.9. The molecule has 2 aromatic carbocycles. The van der Waals surface area contributed by atoms with E-state index in [9.17, 15) is 9.59 Å². The lowest BCUT2D eigenvalue weighted by molar-refractivity contribution is -0.119. The molecule has 0 radical (unpaired) electrons. The molecule has 0 saturated heterocycles. The quantitative estimate of drug-likeness (QED) is 0.553. The normalized spacial score (nSPS) is 10.4. The highest BCUT2D eigenvalue weighted by Gasteiger charge is 2.08. The smallest absolute Gasteiger partial charge is 0.251 e. The second-order valence-corrected chi connectivity index (χ2v) is 6.93. The molecule has 0 bridgehead atoms. The summed E-state index contributed by atoms with van der Waals surface area (Å²) in [6.07, 6.45) is 0.259. The molecule has 29 heavy (non-hydrogen) atoms. The molecule has 7 heteroatoms. The third kappa shape index (κ3) is 8.01. The highest BCUT2D eigenvalue weighted by Crippen LogP contribution is 2.09. The van der Waals surface area contributed by atoms with Crippen LogP contribution in [0.4, 0.5) is 5.69 Å². The summed E-state index contributed by atoms with van der Waals surface area (Å²) in [6, 6.07) is 16.4. The Morgan fingerprint density at radius 2 is 1.62 bits per heavy atom. The van der Waals surface area contributed by atoms with Gasteiger partial charge in [-0.25, -0.2) is 0 Å². The number of carbonyl (C=O) groups is 2. The van der Waals surface area contributed by atoms with Gasteiger partial charge < -0.3 is 20.9 Å². The fraction of sp³-hybridized carbons (Fsp3) is 0.318. The molecule has 0 spiro atoms. The lowest BCUT2D eigenvalue weighted by Gasteiger charge is -2.18. The molecule has 2 rings (SSSR count). The van der Waals surface area contributed by atoms with E-state index in [1.807, 2.05) is 30.3 Å². The first-order chi connectivity index (χ1) is 14.0. The number of amides is 2. The Morgan fingerprint density at radius 1 is 0.966 bits per heavy atom. The second kappa shape index (κ2) is 11.9. The summed E-state index contributed by atoms with van der Waals surface area (Å²) in [5.74, 6) is -0.291. The predicted octanol–water partition coefficient (Wildman–Crippen LogP) is 2.81. The average molecular weight is 413 g/mol. The third-order valence-electron chi connectivity index (χ3n) is 4.47. The average Bonchev–Trinajstić information content (AvgIpc) is 2.72. The molecule has 0 aliphatic heterocycles. The summed E-state index contributed by atoms with van der Waals surface area (Å²) < 4.78 is 0. The molecule has 0 aliphatic rings. The maximum atomic E-state index is 12.2. The van der Waals surface area contributed by atoms with Crippen molar-refractivity contribution < 1.29 is 9.59 Å². The van der Waals surface area contributed by atoms with Crippen LogP contribution in [0.3, 0.4) is 0 Å². The molecule has 0 atom stereocenters. The van der Waals surface area contributed by atoms with Gasteiger partial charge in [0.2, 0.25) is 5.91 Å². The van der Waals surface area contributed by atoms with Gasteiger partial charge in [-0.2, -0.15) is 0 Å². The second-order valence-electron chi connectivity index (χ2n) is 6.52. The largest absolute Gasteiger partial charge is 0.351 e. The molecule has 6 nitrogen and oxygen atoms in total. The number of thiocarbonyl (C=S) groups is 1. The van der Waals surface area contributed by atoms with Crippen molar-refractivity contribution in [3.8, 4) is 0 Å². The van der Waals surface area contributed by atoms with E-state index in [2.05, 4.69) is 34.7 Å². The number of rotatable bonds is 9. The number of anilines is 1. The van der Waals surface area contributed by atoms with E-state index in [0.29, 0.717) is 17.8 Å². The molecule has 0 saturated carbocycles. The van der Waals surface area contributed by atoms with Gasteiger partial charge in [-0.3, -0.25) is 9.59 Å². The van der Waals surface area contributed by atoms with Gasteiger partial charge in [0.1, 0.15) is 0 Å². The standard InChI is InChI=1S/C22H28N4O2S/c1-3-26(4-2)15-14-23-21(28)18-10-12-19(13-11-18)24-22(29)25-20(27)16-17-8-6-5-7-9-17/h5-13H,3-4,14-16H2,1-2H3,(H,23,28)(H2,24,25,27,29). The van der Waals surface area contributed by atoms with E-state index in [1.54, 1.807) is 24.3 Å². The first kappa shape index (κ1) is 22.5. The molecular weight excluding hydrogens is 384 g/mol. The Kier molecular flexibility index (Phi) is 9.27. The van der Waals surface area contributed by atoms with Gasteiger partial charge >= 0.3 is 0 Å². The fourth-order valence-electron chi connectivity index (χ4n) is 2.79. The number of hydrogen-bond donors (Lipinski definition) is 3. The monoisotopic (exact) mass is 412 g/mol. The lowest BCUT2D eigenvalue weighted by atomic mass is 10.1. The molecule has 3 N–H and O–H groups in total. The number of likely N-dealkylation sites (N-methyl/N-ethyl adjacent to an activating group) is 1. The van der Waals surface area contributed by atoms with Gasteiger partial charge in [-0.15, -0.1) is 0 Å². The summed E-state index contributed by atoms with van der Waals surface area (Å²) in [7, 11) is 0. The minimum atomic E-state index is -0.182. The van der Waals surface area contributed by atoms with Crippen LogP contribution in [0.1, 0.15) is 29.8 Å². The van der Waals surface area contributed by atoms with Crippen LogP contribution in [-0.4, -0.2) is 48.0 Å². The third-order valence-corrected chi connectivity index (χ3v) is 4.68. The van der Waals surface area contributed by atoms with Crippen LogP contribution in [0.25, 0.3) is 0 Å². The maximum Gasteiger partial charge on any atom is 0.251 e. The molecule has 0 aromatic heterocycles. The molecule has 154 valence electrons. The van der Waals surface area contributed by atoms with Crippen molar-refractivity contribution in [1.82, 2.24) is 15.5 Å². The van der Waals surface area contributed by atoms with Crippen molar-refractivity contribution in [3.63, 3.8) is 0 Å². The van der Waals surface area contributed by atoms with E-state index >= 15 is 0 Å². The summed E-state index contributed by atoms with van der Waals surface area (Å²) in [5.41, 5.74) is 2.20. The van der Waals surface area contributed by atoms with Crippen molar-refractivity contribution in [3.05, 3.63) is 65.7 Å². The Labute approximate surface area is 177 Å². The predicted molar refractivity (Wildman–Crippen MR) is 121 cm³/mol.